The molecule has 10 heteroatoms. The largest absolute Gasteiger partial charge is 0.493 e. The third-order valence-corrected chi connectivity index (χ3v) is 9.41. The molecule has 0 aliphatic carbocycles. The molecule has 2 aliphatic rings. The number of carboxylic acids is 1. The van der Waals surface area contributed by atoms with Gasteiger partial charge in [0.15, 0.2) is 15.9 Å². The zero-order valence-corrected chi connectivity index (χ0v) is 23.6. The van der Waals surface area contributed by atoms with Crippen LogP contribution in [-0.4, -0.2) is 56.9 Å². The molecule has 2 fully saturated rings. The van der Waals surface area contributed by atoms with E-state index in [-0.39, 0.29) is 37.2 Å². The predicted molar refractivity (Wildman–Crippen MR) is 151 cm³/mol. The van der Waals surface area contributed by atoms with Gasteiger partial charge in [-0.15, -0.1) is 0 Å². The molecule has 0 radical (unpaired) electrons. The highest BCUT2D eigenvalue weighted by Crippen LogP contribution is 2.36. The van der Waals surface area contributed by atoms with Crippen molar-refractivity contribution in [2.24, 2.45) is 5.92 Å². The highest BCUT2D eigenvalue weighted by Gasteiger charge is 2.44. The van der Waals surface area contributed by atoms with Crippen molar-refractivity contribution in [3.05, 3.63) is 82.9 Å². The van der Waals surface area contributed by atoms with E-state index >= 15 is 0 Å². The highest BCUT2D eigenvalue weighted by molar-refractivity contribution is 7.91. The summed E-state index contributed by atoms with van der Waals surface area (Å²) < 4.78 is 47.1. The summed E-state index contributed by atoms with van der Waals surface area (Å²) in [5.74, 6) is 0.511. The SMILES string of the molecule is CC(OC1(c2ccc(OCc3cc(-c4ccccc4Cl)ccc3OCC3CCS(=O)(=O)C3)cc2)COC1)C(=O)O. The maximum atomic E-state index is 11.9. The number of hydrogen-bond donors (Lipinski definition) is 1. The van der Waals surface area contributed by atoms with E-state index in [2.05, 4.69) is 0 Å². The molecule has 2 unspecified atom stereocenters. The minimum absolute atomic E-state index is 0.0385. The Kier molecular flexibility index (Phi) is 8.37. The third-order valence-electron chi connectivity index (χ3n) is 7.24. The van der Waals surface area contributed by atoms with Crippen LogP contribution in [0, 0.1) is 5.92 Å². The monoisotopic (exact) mass is 586 g/mol. The van der Waals surface area contributed by atoms with Gasteiger partial charge in [0.2, 0.25) is 0 Å². The van der Waals surface area contributed by atoms with E-state index < -0.39 is 27.5 Å². The molecule has 3 aromatic carbocycles. The van der Waals surface area contributed by atoms with E-state index in [1.165, 1.54) is 6.92 Å². The van der Waals surface area contributed by atoms with Crippen molar-refractivity contribution >= 4 is 27.4 Å². The molecule has 2 aliphatic heterocycles. The Morgan fingerprint density at radius 3 is 2.48 bits per heavy atom. The lowest BCUT2D eigenvalue weighted by atomic mass is 9.91. The Hall–Kier alpha value is -3.11. The van der Waals surface area contributed by atoms with E-state index in [4.69, 9.17) is 30.5 Å². The number of rotatable bonds is 11. The molecule has 0 spiro atoms. The lowest BCUT2D eigenvalue weighted by Crippen LogP contribution is -2.51. The number of halogens is 1. The Balaban J connectivity index is 1.32. The van der Waals surface area contributed by atoms with Crippen LogP contribution in [0.2, 0.25) is 5.02 Å². The Morgan fingerprint density at radius 1 is 1.10 bits per heavy atom. The summed E-state index contributed by atoms with van der Waals surface area (Å²) in [5.41, 5.74) is 2.60. The lowest BCUT2D eigenvalue weighted by Gasteiger charge is -2.42. The number of ether oxygens (including phenoxy) is 4. The van der Waals surface area contributed by atoms with E-state index in [0.29, 0.717) is 29.5 Å². The Labute approximate surface area is 238 Å². The highest BCUT2D eigenvalue weighted by atomic mass is 35.5. The third kappa shape index (κ3) is 6.44. The van der Waals surface area contributed by atoms with Crippen molar-refractivity contribution in [2.45, 2.75) is 31.7 Å². The Morgan fingerprint density at radius 2 is 1.85 bits per heavy atom. The second-order valence-corrected chi connectivity index (χ2v) is 12.9. The summed E-state index contributed by atoms with van der Waals surface area (Å²) in [5, 5.41) is 9.88. The summed E-state index contributed by atoms with van der Waals surface area (Å²) in [4.78, 5) is 11.3. The fourth-order valence-electron chi connectivity index (χ4n) is 4.90. The van der Waals surface area contributed by atoms with Gasteiger partial charge in [-0.1, -0.05) is 48.0 Å². The first-order chi connectivity index (χ1) is 19.1. The maximum absolute atomic E-state index is 11.9. The van der Waals surface area contributed by atoms with Crippen LogP contribution in [0.4, 0.5) is 0 Å². The van der Waals surface area contributed by atoms with Gasteiger partial charge in [-0.3, -0.25) is 0 Å². The van der Waals surface area contributed by atoms with Crippen LogP contribution in [0.1, 0.15) is 24.5 Å². The zero-order valence-electron chi connectivity index (χ0n) is 22.0. The average Bonchev–Trinajstić information content (AvgIpc) is 3.27. The van der Waals surface area contributed by atoms with Crippen molar-refractivity contribution in [2.75, 3.05) is 31.3 Å². The molecular weight excluding hydrogens is 556 g/mol. The van der Waals surface area contributed by atoms with Crippen molar-refractivity contribution < 1.29 is 37.3 Å². The van der Waals surface area contributed by atoms with E-state index in [1.54, 1.807) is 0 Å². The molecule has 2 heterocycles. The van der Waals surface area contributed by atoms with Crippen LogP contribution in [0.25, 0.3) is 11.1 Å². The van der Waals surface area contributed by atoms with Crippen molar-refractivity contribution in [3.8, 4) is 22.6 Å². The quantitative estimate of drug-likeness (QED) is 0.330. The summed E-state index contributed by atoms with van der Waals surface area (Å²) in [6.45, 7) is 2.58. The fraction of sp³-hybridized carbons (Fsp3) is 0.367. The van der Waals surface area contributed by atoms with Crippen LogP contribution in [0.15, 0.2) is 66.7 Å². The molecule has 5 rings (SSSR count). The summed E-state index contributed by atoms with van der Waals surface area (Å²) in [7, 11) is -2.99. The molecule has 40 heavy (non-hydrogen) atoms. The van der Waals surface area contributed by atoms with E-state index in [1.807, 2.05) is 66.7 Å². The standard InChI is InChI=1S/C30H31ClO8S/c1-20(29(32)33)39-30(18-36-19-30)24-7-9-25(10-8-24)37-16-23-14-22(26-4-2-3-5-27(26)31)6-11-28(23)38-15-21-12-13-40(34,35)17-21/h2-11,14,20-21H,12-13,15-19H2,1H3,(H,32,33). The van der Waals surface area contributed by atoms with Gasteiger partial charge in [0.25, 0.3) is 0 Å². The second-order valence-electron chi connectivity index (χ2n) is 10.3. The summed E-state index contributed by atoms with van der Waals surface area (Å²) in [6, 6.07) is 20.7. The summed E-state index contributed by atoms with van der Waals surface area (Å²) in [6.07, 6.45) is -0.368. The Bertz CT molecular complexity index is 1470. The van der Waals surface area contributed by atoms with Crippen LogP contribution < -0.4 is 9.47 Å². The van der Waals surface area contributed by atoms with Crippen LogP contribution >= 0.6 is 11.6 Å². The number of hydrogen-bond acceptors (Lipinski definition) is 7. The van der Waals surface area contributed by atoms with Gasteiger partial charge in [0.1, 0.15) is 23.7 Å². The van der Waals surface area contributed by atoms with Gasteiger partial charge in [-0.25, -0.2) is 13.2 Å². The number of aliphatic carboxylic acids is 1. The van der Waals surface area contributed by atoms with Crippen molar-refractivity contribution in [1.82, 2.24) is 0 Å². The van der Waals surface area contributed by atoms with Gasteiger partial charge >= 0.3 is 5.97 Å². The first-order valence-corrected chi connectivity index (χ1v) is 15.3. The summed E-state index contributed by atoms with van der Waals surface area (Å²) >= 11 is 6.44. The normalized spacial score (nSPS) is 19.9. The molecule has 1 N–H and O–H groups in total. The van der Waals surface area contributed by atoms with Crippen LogP contribution in [-0.2, 0) is 36.3 Å². The first kappa shape index (κ1) is 28.4. The molecule has 0 bridgehead atoms. The number of carboxylic acid groups (broad SMARTS) is 1. The minimum Gasteiger partial charge on any atom is -0.493 e. The second kappa shape index (κ2) is 11.8. The molecule has 212 valence electrons. The number of sulfone groups is 1. The van der Waals surface area contributed by atoms with E-state index in [0.717, 1.165) is 22.3 Å². The van der Waals surface area contributed by atoms with E-state index in [9.17, 15) is 18.3 Å². The topological polar surface area (TPSA) is 108 Å². The smallest absolute Gasteiger partial charge is 0.332 e. The first-order valence-electron chi connectivity index (χ1n) is 13.1. The van der Waals surface area contributed by atoms with Crippen LogP contribution in [0.5, 0.6) is 11.5 Å². The lowest BCUT2D eigenvalue weighted by molar-refractivity contribution is -0.237. The average molecular weight is 587 g/mol. The maximum Gasteiger partial charge on any atom is 0.332 e. The zero-order chi connectivity index (χ0) is 28.3. The van der Waals surface area contributed by atoms with Gasteiger partial charge in [-0.05, 0) is 54.8 Å². The number of carbonyl (C=O) groups is 1. The minimum atomic E-state index is -2.99. The predicted octanol–water partition coefficient (Wildman–Crippen LogP) is 5.11. The number of benzene rings is 3. The molecule has 2 saturated heterocycles. The molecule has 0 amide bonds. The molecular formula is C30H31ClO8S. The molecule has 3 aromatic rings. The molecule has 8 nitrogen and oxygen atoms in total. The van der Waals surface area contributed by atoms with Crippen LogP contribution in [0.3, 0.4) is 0 Å². The van der Waals surface area contributed by atoms with Gasteiger partial charge < -0.3 is 24.1 Å². The molecule has 2 atom stereocenters. The molecule has 0 saturated carbocycles. The fourth-order valence-corrected chi connectivity index (χ4v) is 6.99. The van der Waals surface area contributed by atoms with Gasteiger partial charge in [0.05, 0.1) is 31.3 Å². The van der Waals surface area contributed by atoms with Gasteiger partial charge in [0, 0.05) is 22.1 Å². The molecule has 0 aromatic heterocycles. The van der Waals surface area contributed by atoms with Crippen molar-refractivity contribution in [3.63, 3.8) is 0 Å². The van der Waals surface area contributed by atoms with Crippen molar-refractivity contribution in [1.29, 1.82) is 0 Å². The van der Waals surface area contributed by atoms with Gasteiger partial charge in [-0.2, -0.15) is 0 Å².